The lowest BCUT2D eigenvalue weighted by molar-refractivity contribution is -0.127. The minimum absolute atomic E-state index is 0.0155. The summed E-state index contributed by atoms with van der Waals surface area (Å²) in [5.74, 6) is 1.36. The lowest BCUT2D eigenvalue weighted by Crippen LogP contribution is -2.40. The predicted molar refractivity (Wildman–Crippen MR) is 126 cm³/mol. The van der Waals surface area contributed by atoms with Crippen molar-refractivity contribution in [3.63, 3.8) is 0 Å². The van der Waals surface area contributed by atoms with E-state index in [4.69, 9.17) is 11.6 Å². The van der Waals surface area contributed by atoms with E-state index in [-0.39, 0.29) is 18.0 Å². The van der Waals surface area contributed by atoms with Crippen LogP contribution in [0.3, 0.4) is 0 Å². The van der Waals surface area contributed by atoms with E-state index < -0.39 is 0 Å². The van der Waals surface area contributed by atoms with Gasteiger partial charge in [0.15, 0.2) is 5.50 Å². The van der Waals surface area contributed by atoms with Crippen molar-refractivity contribution >= 4 is 35.7 Å². The SMILES string of the molecule is CCCCSC1N(C)C(N(C)C=O)=C(C(=O)N(C)CCCO)N1Cc1ccc(Cl)cc1. The third-order valence-corrected chi connectivity index (χ3v) is 6.80. The molecule has 31 heavy (non-hydrogen) atoms. The molecule has 1 aliphatic rings. The van der Waals surface area contributed by atoms with E-state index in [1.807, 2.05) is 36.2 Å². The van der Waals surface area contributed by atoms with Gasteiger partial charge in [-0.3, -0.25) is 9.59 Å². The first-order chi connectivity index (χ1) is 14.8. The van der Waals surface area contributed by atoms with Crippen LogP contribution in [-0.4, -0.2) is 82.6 Å². The van der Waals surface area contributed by atoms with Crippen LogP contribution >= 0.6 is 23.4 Å². The first-order valence-electron chi connectivity index (χ1n) is 10.5. The Morgan fingerprint density at radius 1 is 1.26 bits per heavy atom. The molecule has 172 valence electrons. The number of aliphatic hydroxyl groups is 1. The minimum Gasteiger partial charge on any atom is -0.396 e. The second kappa shape index (κ2) is 12.2. The molecule has 0 bridgehead atoms. The molecule has 1 aromatic rings. The van der Waals surface area contributed by atoms with Crippen LogP contribution in [0.1, 0.15) is 31.7 Å². The predicted octanol–water partition coefficient (Wildman–Crippen LogP) is 3.00. The minimum atomic E-state index is -0.170. The van der Waals surface area contributed by atoms with Gasteiger partial charge in [-0.05, 0) is 36.3 Å². The van der Waals surface area contributed by atoms with Gasteiger partial charge in [0.25, 0.3) is 5.91 Å². The summed E-state index contributed by atoms with van der Waals surface area (Å²) in [6, 6.07) is 7.59. The van der Waals surface area contributed by atoms with Crippen LogP contribution in [0.2, 0.25) is 5.02 Å². The summed E-state index contributed by atoms with van der Waals surface area (Å²) >= 11 is 7.82. The van der Waals surface area contributed by atoms with Gasteiger partial charge in [-0.2, -0.15) is 0 Å². The Morgan fingerprint density at radius 3 is 2.52 bits per heavy atom. The topological polar surface area (TPSA) is 67.3 Å². The molecule has 1 aromatic carbocycles. The summed E-state index contributed by atoms with van der Waals surface area (Å²) in [5.41, 5.74) is 1.39. The van der Waals surface area contributed by atoms with Crippen LogP contribution < -0.4 is 0 Å². The molecule has 2 rings (SSSR count). The lowest BCUT2D eigenvalue weighted by Gasteiger charge is -2.33. The third kappa shape index (κ3) is 6.30. The molecule has 2 amide bonds. The molecular formula is C22H33ClN4O3S. The zero-order valence-electron chi connectivity index (χ0n) is 18.8. The molecule has 1 heterocycles. The Morgan fingerprint density at radius 2 is 1.94 bits per heavy atom. The fourth-order valence-electron chi connectivity index (χ4n) is 3.47. The normalized spacial score (nSPS) is 16.1. The summed E-state index contributed by atoms with van der Waals surface area (Å²) in [6.07, 6.45) is 3.38. The van der Waals surface area contributed by atoms with Gasteiger partial charge < -0.3 is 24.7 Å². The average molecular weight is 469 g/mol. The van der Waals surface area contributed by atoms with E-state index in [2.05, 4.69) is 11.8 Å². The molecule has 0 spiro atoms. The molecule has 0 aliphatic carbocycles. The zero-order valence-corrected chi connectivity index (χ0v) is 20.3. The van der Waals surface area contributed by atoms with E-state index >= 15 is 0 Å². The number of hydrogen-bond acceptors (Lipinski definition) is 6. The van der Waals surface area contributed by atoms with Gasteiger partial charge in [0.2, 0.25) is 6.41 Å². The van der Waals surface area contributed by atoms with Crippen molar-refractivity contribution < 1.29 is 14.7 Å². The van der Waals surface area contributed by atoms with Crippen LogP contribution in [0, 0.1) is 0 Å². The van der Waals surface area contributed by atoms with Crippen LogP contribution in [0.5, 0.6) is 0 Å². The Kier molecular flexibility index (Phi) is 9.99. The summed E-state index contributed by atoms with van der Waals surface area (Å²) in [5, 5.41) is 9.84. The molecule has 1 aliphatic heterocycles. The van der Waals surface area contributed by atoms with E-state index in [0.29, 0.717) is 36.1 Å². The largest absolute Gasteiger partial charge is 0.396 e. The number of nitrogens with zero attached hydrogens (tertiary/aromatic N) is 4. The van der Waals surface area contributed by atoms with Crippen molar-refractivity contribution in [1.29, 1.82) is 0 Å². The number of hydrogen-bond donors (Lipinski definition) is 1. The first kappa shape index (κ1) is 25.4. The fraction of sp³-hybridized carbons (Fsp3) is 0.545. The monoisotopic (exact) mass is 468 g/mol. The number of unbranched alkanes of at least 4 members (excludes halogenated alkanes) is 1. The van der Waals surface area contributed by atoms with Gasteiger partial charge in [0.1, 0.15) is 11.5 Å². The molecule has 0 saturated carbocycles. The summed E-state index contributed by atoms with van der Waals surface area (Å²) in [7, 11) is 5.31. The summed E-state index contributed by atoms with van der Waals surface area (Å²) < 4.78 is 0. The maximum atomic E-state index is 13.5. The van der Waals surface area contributed by atoms with E-state index in [1.165, 1.54) is 4.90 Å². The Hall–Kier alpha value is -1.90. The van der Waals surface area contributed by atoms with E-state index in [0.717, 1.165) is 30.6 Å². The number of aliphatic hydroxyl groups excluding tert-OH is 1. The number of benzene rings is 1. The third-order valence-electron chi connectivity index (χ3n) is 5.16. The first-order valence-corrected chi connectivity index (χ1v) is 11.9. The second-order valence-corrected chi connectivity index (χ2v) is 9.21. The van der Waals surface area contributed by atoms with Crippen molar-refractivity contribution in [3.8, 4) is 0 Å². The van der Waals surface area contributed by atoms with Crippen molar-refractivity contribution in [2.75, 3.05) is 40.0 Å². The van der Waals surface area contributed by atoms with Crippen LogP contribution in [0.15, 0.2) is 35.8 Å². The molecule has 1 atom stereocenters. The highest BCUT2D eigenvalue weighted by Crippen LogP contribution is 2.37. The molecule has 1 unspecified atom stereocenters. The molecule has 7 nitrogen and oxygen atoms in total. The Bertz CT molecular complexity index is 775. The molecule has 9 heteroatoms. The summed E-state index contributed by atoms with van der Waals surface area (Å²) in [6.45, 7) is 3.11. The van der Waals surface area contributed by atoms with Crippen molar-refractivity contribution in [2.24, 2.45) is 0 Å². The quantitative estimate of drug-likeness (QED) is 0.375. The highest BCUT2D eigenvalue weighted by atomic mass is 35.5. The van der Waals surface area contributed by atoms with Gasteiger partial charge in [-0.15, -0.1) is 11.8 Å². The van der Waals surface area contributed by atoms with Crippen LogP contribution in [0.4, 0.5) is 0 Å². The second-order valence-electron chi connectivity index (χ2n) is 7.61. The van der Waals surface area contributed by atoms with Gasteiger partial charge in [-0.1, -0.05) is 37.1 Å². The lowest BCUT2D eigenvalue weighted by atomic mass is 10.2. The maximum absolute atomic E-state index is 13.5. The number of rotatable bonds is 12. The highest BCUT2D eigenvalue weighted by Gasteiger charge is 2.42. The number of likely N-dealkylation sites (N-methyl/N-ethyl adjacent to an activating group) is 1. The molecule has 0 radical (unpaired) electrons. The number of halogens is 1. The van der Waals surface area contributed by atoms with Crippen molar-refractivity contribution in [2.45, 2.75) is 38.2 Å². The molecule has 0 fully saturated rings. The Labute approximate surface area is 194 Å². The number of amides is 2. The van der Waals surface area contributed by atoms with Gasteiger partial charge in [-0.25, -0.2) is 0 Å². The van der Waals surface area contributed by atoms with Crippen molar-refractivity contribution in [1.82, 2.24) is 19.6 Å². The fourth-order valence-corrected chi connectivity index (χ4v) is 4.95. The van der Waals surface area contributed by atoms with Gasteiger partial charge >= 0.3 is 0 Å². The molecule has 0 saturated heterocycles. The zero-order chi connectivity index (χ0) is 23.0. The number of carbonyl (C=O) groups is 2. The molecule has 1 N–H and O–H groups in total. The van der Waals surface area contributed by atoms with Crippen LogP contribution in [0.25, 0.3) is 0 Å². The standard InChI is InChI=1S/C22H33ClN4O3S/c1-5-6-14-31-22-26(4)20(25(3)16-29)19(21(30)24(2)12-7-13-28)27(22)15-17-8-10-18(23)11-9-17/h8-11,16,22,28H,5-7,12-15H2,1-4H3. The van der Waals surface area contributed by atoms with E-state index in [9.17, 15) is 14.7 Å². The molecule has 0 aromatic heterocycles. The average Bonchev–Trinajstić information content (AvgIpc) is 3.04. The molecular weight excluding hydrogens is 436 g/mol. The maximum Gasteiger partial charge on any atom is 0.273 e. The summed E-state index contributed by atoms with van der Waals surface area (Å²) in [4.78, 5) is 32.3. The van der Waals surface area contributed by atoms with Crippen molar-refractivity contribution in [3.05, 3.63) is 46.4 Å². The smallest absolute Gasteiger partial charge is 0.273 e. The van der Waals surface area contributed by atoms with E-state index in [1.54, 1.807) is 30.8 Å². The van der Waals surface area contributed by atoms with Gasteiger partial charge in [0, 0.05) is 45.9 Å². The Balaban J connectivity index is 2.47. The van der Waals surface area contributed by atoms with Crippen LogP contribution in [-0.2, 0) is 16.1 Å². The highest BCUT2D eigenvalue weighted by molar-refractivity contribution is 7.99. The van der Waals surface area contributed by atoms with Gasteiger partial charge in [0.05, 0.1) is 0 Å². The number of thioether (sulfide) groups is 1. The number of carbonyl (C=O) groups excluding carboxylic acids is 2.